The van der Waals surface area contributed by atoms with Crippen molar-refractivity contribution in [3.8, 4) is 0 Å². The Morgan fingerprint density at radius 3 is 0.848 bits per heavy atom. The SMILES string of the molecule is C[Si](C)(c1c2ccccc2c(Br)c2ccccc12)c1c2ccccc2c(Br)c2ccccc12. The number of hydrogen-bond acceptors (Lipinski definition) is 0. The summed E-state index contributed by atoms with van der Waals surface area (Å²) in [6.07, 6.45) is 0. The van der Waals surface area contributed by atoms with E-state index >= 15 is 0 Å². The highest BCUT2D eigenvalue weighted by Gasteiger charge is 2.34. The molecule has 0 N–H and O–H groups in total. The first kappa shape index (κ1) is 21.1. The summed E-state index contributed by atoms with van der Waals surface area (Å²) in [5.74, 6) is 0. The molecule has 0 aromatic heterocycles. The Labute approximate surface area is 211 Å². The average Bonchev–Trinajstić information content (AvgIpc) is 2.84. The Morgan fingerprint density at radius 1 is 0.394 bits per heavy atom. The van der Waals surface area contributed by atoms with Crippen LogP contribution in [0.25, 0.3) is 43.1 Å². The van der Waals surface area contributed by atoms with Gasteiger partial charge in [0.2, 0.25) is 0 Å². The van der Waals surface area contributed by atoms with Gasteiger partial charge in [0.25, 0.3) is 0 Å². The molecule has 0 spiro atoms. The lowest BCUT2D eigenvalue weighted by molar-refractivity contribution is 1.72. The predicted octanol–water partition coefficient (Wildman–Crippen LogP) is 8.65. The van der Waals surface area contributed by atoms with E-state index in [0.29, 0.717) is 0 Å². The van der Waals surface area contributed by atoms with E-state index in [0.717, 1.165) is 0 Å². The van der Waals surface area contributed by atoms with Crippen molar-refractivity contribution in [1.29, 1.82) is 0 Å². The molecule has 0 aliphatic rings. The maximum Gasteiger partial charge on any atom is 0.115 e. The van der Waals surface area contributed by atoms with Gasteiger partial charge < -0.3 is 0 Å². The van der Waals surface area contributed by atoms with Gasteiger partial charge in [-0.15, -0.1) is 0 Å². The van der Waals surface area contributed by atoms with Crippen molar-refractivity contribution in [3.63, 3.8) is 0 Å². The summed E-state index contributed by atoms with van der Waals surface area (Å²) in [4.78, 5) is 0. The van der Waals surface area contributed by atoms with E-state index in [2.05, 4.69) is 142 Å². The Kier molecular flexibility index (Phi) is 4.99. The normalized spacial score (nSPS) is 12.2. The van der Waals surface area contributed by atoms with Gasteiger partial charge in [0.05, 0.1) is 0 Å². The first-order valence-electron chi connectivity index (χ1n) is 11.2. The molecule has 6 aromatic rings. The summed E-state index contributed by atoms with van der Waals surface area (Å²) >= 11 is 7.88. The van der Waals surface area contributed by atoms with Crippen LogP contribution in [0, 0.1) is 0 Å². The monoisotopic (exact) mass is 568 g/mol. The molecule has 0 saturated heterocycles. The largest absolute Gasteiger partial charge is 0.115 e. The molecule has 0 unspecified atom stereocenters. The number of rotatable bonds is 2. The van der Waals surface area contributed by atoms with Crippen LogP contribution in [-0.2, 0) is 0 Å². The van der Waals surface area contributed by atoms with Crippen molar-refractivity contribution in [2.45, 2.75) is 13.1 Å². The zero-order valence-electron chi connectivity index (χ0n) is 18.5. The number of halogens is 2. The number of benzene rings is 6. The second-order valence-electron chi connectivity index (χ2n) is 9.19. The Balaban J connectivity index is 1.86. The molecule has 0 saturated carbocycles. The molecule has 0 fully saturated rings. The van der Waals surface area contributed by atoms with Crippen LogP contribution in [-0.4, -0.2) is 8.07 Å². The molecule has 0 heterocycles. The van der Waals surface area contributed by atoms with Crippen molar-refractivity contribution in [2.24, 2.45) is 0 Å². The maximum absolute atomic E-state index is 3.94. The summed E-state index contributed by atoms with van der Waals surface area (Å²) < 4.78 is 2.38. The van der Waals surface area contributed by atoms with Gasteiger partial charge in [-0.05, 0) is 85.3 Å². The van der Waals surface area contributed by atoms with Crippen molar-refractivity contribution in [1.82, 2.24) is 0 Å². The third-order valence-corrected chi connectivity index (χ3v) is 12.3. The van der Waals surface area contributed by atoms with Crippen LogP contribution in [0.5, 0.6) is 0 Å². The standard InChI is InChI=1S/C30H22Br2Si/c1-33(2,29-23-15-7-3-11-19(23)27(31)20-12-4-8-16-24(20)29)30-25-17-9-5-13-21(25)28(32)22-14-6-10-18-26(22)30/h3-18H,1-2H3. The minimum atomic E-state index is -2.20. The molecule has 0 atom stereocenters. The molecule has 6 aromatic carbocycles. The lowest BCUT2D eigenvalue weighted by Crippen LogP contribution is -2.54. The maximum atomic E-state index is 3.94. The molecule has 0 amide bonds. The minimum Gasteiger partial charge on any atom is -0.0616 e. The zero-order valence-corrected chi connectivity index (χ0v) is 22.7. The highest BCUT2D eigenvalue weighted by molar-refractivity contribution is 9.11. The fraction of sp³-hybridized carbons (Fsp3) is 0.0667. The van der Waals surface area contributed by atoms with E-state index < -0.39 is 8.07 Å². The summed E-state index contributed by atoms with van der Waals surface area (Å²) in [6, 6.07) is 35.5. The second-order valence-corrected chi connectivity index (χ2v) is 15.0. The highest BCUT2D eigenvalue weighted by atomic mass is 79.9. The van der Waals surface area contributed by atoms with Crippen molar-refractivity contribution in [2.75, 3.05) is 0 Å². The molecule has 0 aliphatic heterocycles. The fourth-order valence-corrected chi connectivity index (χ4v) is 10.8. The van der Waals surface area contributed by atoms with E-state index in [1.807, 2.05) is 0 Å². The molecule has 0 nitrogen and oxygen atoms in total. The lowest BCUT2D eigenvalue weighted by atomic mass is 10.0. The molecular formula is C30H22Br2Si. The second kappa shape index (κ2) is 7.80. The third-order valence-electron chi connectivity index (χ3n) is 6.98. The van der Waals surface area contributed by atoms with Gasteiger partial charge in [-0.1, -0.05) is 110 Å². The minimum absolute atomic E-state index is 1.19. The number of fused-ring (bicyclic) bond motifs is 4. The molecule has 0 aliphatic carbocycles. The van der Waals surface area contributed by atoms with E-state index in [9.17, 15) is 0 Å². The Hall–Kier alpha value is -2.46. The molecule has 0 radical (unpaired) electrons. The van der Waals surface area contributed by atoms with Gasteiger partial charge in [-0.3, -0.25) is 0 Å². The van der Waals surface area contributed by atoms with Crippen LogP contribution < -0.4 is 10.4 Å². The number of hydrogen-bond donors (Lipinski definition) is 0. The average molecular weight is 570 g/mol. The molecular weight excluding hydrogens is 548 g/mol. The Bertz CT molecular complexity index is 1480. The van der Waals surface area contributed by atoms with Crippen molar-refractivity contribution >= 4 is 93.4 Å². The van der Waals surface area contributed by atoms with Gasteiger partial charge >= 0.3 is 0 Å². The topological polar surface area (TPSA) is 0 Å². The predicted molar refractivity (Wildman–Crippen MR) is 155 cm³/mol. The van der Waals surface area contributed by atoms with Gasteiger partial charge in [-0.2, -0.15) is 0 Å². The lowest BCUT2D eigenvalue weighted by Gasteiger charge is -2.31. The van der Waals surface area contributed by atoms with Crippen molar-refractivity contribution < 1.29 is 0 Å². The van der Waals surface area contributed by atoms with Crippen LogP contribution in [0.2, 0.25) is 13.1 Å². The van der Waals surface area contributed by atoms with Crippen molar-refractivity contribution in [3.05, 3.63) is 106 Å². The smallest absolute Gasteiger partial charge is 0.0616 e. The van der Waals surface area contributed by atoms with Crippen LogP contribution in [0.1, 0.15) is 0 Å². The molecule has 160 valence electrons. The van der Waals surface area contributed by atoms with E-state index in [1.54, 1.807) is 0 Å². The first-order valence-corrected chi connectivity index (χ1v) is 15.8. The highest BCUT2D eigenvalue weighted by Crippen LogP contribution is 2.36. The summed E-state index contributed by atoms with van der Waals surface area (Å²) in [7, 11) is -2.20. The quantitative estimate of drug-likeness (QED) is 0.144. The fourth-order valence-electron chi connectivity index (χ4n) is 5.62. The van der Waals surface area contributed by atoms with Crippen LogP contribution >= 0.6 is 31.9 Å². The molecule has 6 rings (SSSR count). The van der Waals surface area contributed by atoms with Gasteiger partial charge in [0, 0.05) is 8.95 Å². The zero-order chi connectivity index (χ0) is 22.7. The van der Waals surface area contributed by atoms with Gasteiger partial charge in [-0.25, -0.2) is 0 Å². The van der Waals surface area contributed by atoms with Gasteiger partial charge in [0.15, 0.2) is 0 Å². The van der Waals surface area contributed by atoms with Crippen LogP contribution in [0.3, 0.4) is 0 Å². The van der Waals surface area contributed by atoms with E-state index in [1.165, 1.54) is 62.4 Å². The molecule has 33 heavy (non-hydrogen) atoms. The summed E-state index contributed by atoms with van der Waals surface area (Å²) in [5, 5.41) is 13.6. The first-order chi connectivity index (χ1) is 16.0. The molecule has 3 heteroatoms. The summed E-state index contributed by atoms with van der Waals surface area (Å²) in [5.41, 5.74) is 0. The van der Waals surface area contributed by atoms with Crippen LogP contribution in [0.4, 0.5) is 0 Å². The molecule has 0 bridgehead atoms. The van der Waals surface area contributed by atoms with E-state index in [4.69, 9.17) is 0 Å². The van der Waals surface area contributed by atoms with Gasteiger partial charge in [0.1, 0.15) is 8.07 Å². The van der Waals surface area contributed by atoms with Crippen LogP contribution in [0.15, 0.2) is 106 Å². The summed E-state index contributed by atoms with van der Waals surface area (Å²) in [6.45, 7) is 5.05. The third kappa shape index (κ3) is 3.06. The Morgan fingerprint density at radius 2 is 0.606 bits per heavy atom. The van der Waals surface area contributed by atoms with E-state index in [-0.39, 0.29) is 0 Å².